The fourth-order valence-electron chi connectivity index (χ4n) is 4.05. The lowest BCUT2D eigenvalue weighted by Gasteiger charge is -2.23. The number of benzene rings is 2. The van der Waals surface area contributed by atoms with Crippen molar-refractivity contribution in [2.24, 2.45) is 0 Å². The van der Waals surface area contributed by atoms with Crippen molar-refractivity contribution in [3.63, 3.8) is 0 Å². The van der Waals surface area contributed by atoms with Gasteiger partial charge in [0.05, 0.1) is 24.4 Å². The van der Waals surface area contributed by atoms with Crippen LogP contribution in [-0.2, 0) is 14.3 Å². The van der Waals surface area contributed by atoms with Gasteiger partial charge >= 0.3 is 11.9 Å². The standard InChI is InChI=1S/C27H23FN2O6S/c1-5-12-36-18-10-11-19(14(2)13-18)22(31)20-21(16-6-8-17(28)9-7-16)30(25(33)23(20)32)27-29-15(3)24(37-27)26(34)35-4/h5-11,13,21,31H,1,12H2,2-4H3. The van der Waals surface area contributed by atoms with Gasteiger partial charge in [-0.2, -0.15) is 0 Å². The number of ether oxygens (including phenoxy) is 2. The Morgan fingerprint density at radius 2 is 1.92 bits per heavy atom. The molecule has 1 unspecified atom stereocenters. The summed E-state index contributed by atoms with van der Waals surface area (Å²) in [6.45, 7) is 7.21. The van der Waals surface area contributed by atoms with Gasteiger partial charge in [0.15, 0.2) is 5.13 Å². The van der Waals surface area contributed by atoms with Gasteiger partial charge in [0.1, 0.15) is 28.8 Å². The van der Waals surface area contributed by atoms with Gasteiger partial charge in [-0.05, 0) is 55.3 Å². The number of rotatable bonds is 7. The molecule has 2 heterocycles. The van der Waals surface area contributed by atoms with Crippen molar-refractivity contribution in [1.29, 1.82) is 0 Å². The third-order valence-corrected chi connectivity index (χ3v) is 6.95. The van der Waals surface area contributed by atoms with Gasteiger partial charge in [-0.15, -0.1) is 0 Å². The zero-order valence-electron chi connectivity index (χ0n) is 20.3. The molecular formula is C27H23FN2O6S. The van der Waals surface area contributed by atoms with E-state index in [0.717, 1.165) is 16.2 Å². The highest BCUT2D eigenvalue weighted by molar-refractivity contribution is 7.17. The van der Waals surface area contributed by atoms with Crippen molar-refractivity contribution < 1.29 is 33.4 Å². The number of aliphatic hydroxyl groups excluding tert-OH is 1. The van der Waals surface area contributed by atoms with Crippen LogP contribution in [0.5, 0.6) is 5.75 Å². The van der Waals surface area contributed by atoms with Gasteiger partial charge in [-0.25, -0.2) is 14.2 Å². The molecule has 1 fully saturated rings. The number of halogens is 1. The Bertz CT molecular complexity index is 1440. The molecule has 1 aromatic heterocycles. The van der Waals surface area contributed by atoms with Crippen LogP contribution < -0.4 is 9.64 Å². The number of ketones is 1. The molecular weight excluding hydrogens is 499 g/mol. The summed E-state index contributed by atoms with van der Waals surface area (Å²) in [5.74, 6) is -2.88. The number of thiazole rings is 1. The van der Waals surface area contributed by atoms with Crippen LogP contribution in [0.4, 0.5) is 9.52 Å². The molecule has 190 valence electrons. The van der Waals surface area contributed by atoms with E-state index in [9.17, 15) is 23.9 Å². The molecule has 1 atom stereocenters. The minimum absolute atomic E-state index is 0.0678. The number of nitrogens with zero attached hydrogens (tertiary/aromatic N) is 2. The smallest absolute Gasteiger partial charge is 0.350 e. The Hall–Kier alpha value is -4.31. The van der Waals surface area contributed by atoms with Crippen LogP contribution in [-0.4, -0.2) is 41.5 Å². The summed E-state index contributed by atoms with van der Waals surface area (Å²) >= 11 is 0.883. The Balaban J connectivity index is 1.89. The monoisotopic (exact) mass is 522 g/mol. The molecule has 0 spiro atoms. The first kappa shape index (κ1) is 25.8. The van der Waals surface area contributed by atoms with E-state index in [0.29, 0.717) is 34.7 Å². The highest BCUT2D eigenvalue weighted by Gasteiger charge is 2.48. The summed E-state index contributed by atoms with van der Waals surface area (Å²) in [6.07, 6.45) is 1.60. The number of Topliss-reactive ketones (excluding diaryl/α,β-unsaturated/α-hetero) is 1. The number of aromatic nitrogens is 1. The van der Waals surface area contributed by atoms with E-state index in [1.54, 1.807) is 38.1 Å². The van der Waals surface area contributed by atoms with Gasteiger partial charge in [-0.3, -0.25) is 14.5 Å². The first-order valence-corrected chi connectivity index (χ1v) is 12.0. The molecule has 8 nitrogen and oxygen atoms in total. The summed E-state index contributed by atoms with van der Waals surface area (Å²) in [6, 6.07) is 9.02. The van der Waals surface area contributed by atoms with Crippen LogP contribution >= 0.6 is 11.3 Å². The number of hydrogen-bond acceptors (Lipinski definition) is 8. The number of carbonyl (C=O) groups excluding carboxylic acids is 3. The first-order chi connectivity index (χ1) is 17.7. The van der Waals surface area contributed by atoms with Crippen LogP contribution in [0.15, 0.2) is 60.7 Å². The Morgan fingerprint density at radius 3 is 2.54 bits per heavy atom. The Labute approximate surface area is 216 Å². The minimum atomic E-state index is -1.12. The molecule has 1 aliphatic heterocycles. The highest BCUT2D eigenvalue weighted by Crippen LogP contribution is 2.44. The van der Waals surface area contributed by atoms with Crippen molar-refractivity contribution in [3.05, 3.63) is 93.8 Å². The minimum Gasteiger partial charge on any atom is -0.507 e. The van der Waals surface area contributed by atoms with E-state index in [2.05, 4.69) is 11.6 Å². The van der Waals surface area contributed by atoms with E-state index < -0.39 is 35.3 Å². The third kappa shape index (κ3) is 4.75. The average Bonchev–Trinajstić information content (AvgIpc) is 3.39. The molecule has 10 heteroatoms. The predicted molar refractivity (Wildman–Crippen MR) is 136 cm³/mol. The lowest BCUT2D eigenvalue weighted by atomic mass is 9.94. The number of aliphatic hydroxyl groups is 1. The van der Waals surface area contributed by atoms with Crippen LogP contribution in [0.3, 0.4) is 0 Å². The summed E-state index contributed by atoms with van der Waals surface area (Å²) in [5.41, 5.74) is 1.42. The summed E-state index contributed by atoms with van der Waals surface area (Å²) in [5, 5.41) is 11.4. The van der Waals surface area contributed by atoms with E-state index in [-0.39, 0.29) is 15.6 Å². The summed E-state index contributed by atoms with van der Waals surface area (Å²) in [4.78, 5) is 44.4. The van der Waals surface area contributed by atoms with Crippen molar-refractivity contribution in [2.45, 2.75) is 19.9 Å². The van der Waals surface area contributed by atoms with E-state index in [1.165, 1.54) is 31.4 Å². The van der Waals surface area contributed by atoms with E-state index >= 15 is 0 Å². The maximum Gasteiger partial charge on any atom is 0.350 e. The summed E-state index contributed by atoms with van der Waals surface area (Å²) < 4.78 is 24.1. The SMILES string of the molecule is C=CCOc1ccc(C(O)=C2C(=O)C(=O)N(c3nc(C)c(C(=O)OC)s3)C2c2ccc(F)cc2)c(C)c1. The highest BCUT2D eigenvalue weighted by atomic mass is 32.1. The lowest BCUT2D eigenvalue weighted by molar-refractivity contribution is -0.132. The quantitative estimate of drug-likeness (QED) is 0.155. The van der Waals surface area contributed by atoms with Crippen LogP contribution in [0.25, 0.3) is 5.76 Å². The zero-order chi connectivity index (χ0) is 26.9. The zero-order valence-corrected chi connectivity index (χ0v) is 21.1. The molecule has 0 bridgehead atoms. The molecule has 0 aliphatic carbocycles. The fraction of sp³-hybridized carbons (Fsp3) is 0.185. The van der Waals surface area contributed by atoms with Crippen LogP contribution in [0, 0.1) is 19.7 Å². The second-order valence-corrected chi connectivity index (χ2v) is 9.18. The van der Waals surface area contributed by atoms with Crippen LogP contribution in [0.2, 0.25) is 0 Å². The van der Waals surface area contributed by atoms with Gasteiger partial charge in [0, 0.05) is 5.56 Å². The third-order valence-electron chi connectivity index (χ3n) is 5.81. The normalized spacial score (nSPS) is 16.6. The number of methoxy groups -OCH3 is 1. The number of anilines is 1. The van der Waals surface area contributed by atoms with E-state index in [4.69, 9.17) is 9.47 Å². The maximum atomic E-state index is 13.7. The first-order valence-electron chi connectivity index (χ1n) is 11.1. The number of hydrogen-bond donors (Lipinski definition) is 1. The molecule has 1 saturated heterocycles. The van der Waals surface area contributed by atoms with Crippen molar-refractivity contribution in [3.8, 4) is 5.75 Å². The molecule has 2 aromatic carbocycles. The van der Waals surface area contributed by atoms with E-state index in [1.807, 2.05) is 0 Å². The molecule has 0 radical (unpaired) electrons. The number of aryl methyl sites for hydroxylation is 2. The van der Waals surface area contributed by atoms with Crippen molar-refractivity contribution in [1.82, 2.24) is 4.98 Å². The maximum absolute atomic E-state index is 13.7. The fourth-order valence-corrected chi connectivity index (χ4v) is 5.06. The van der Waals surface area contributed by atoms with Crippen molar-refractivity contribution >= 4 is 39.9 Å². The van der Waals surface area contributed by atoms with Crippen molar-refractivity contribution in [2.75, 3.05) is 18.6 Å². The topological polar surface area (TPSA) is 106 Å². The molecule has 3 aromatic rings. The second-order valence-electron chi connectivity index (χ2n) is 8.20. The largest absolute Gasteiger partial charge is 0.507 e. The predicted octanol–water partition coefficient (Wildman–Crippen LogP) is 4.88. The van der Waals surface area contributed by atoms with Gasteiger partial charge in [-0.1, -0.05) is 36.1 Å². The Kier molecular flexibility index (Phi) is 7.21. The molecule has 0 saturated carbocycles. The average molecular weight is 523 g/mol. The number of amides is 1. The van der Waals surface area contributed by atoms with Gasteiger partial charge in [0.25, 0.3) is 5.78 Å². The summed E-state index contributed by atoms with van der Waals surface area (Å²) in [7, 11) is 1.22. The van der Waals surface area contributed by atoms with Gasteiger partial charge in [0.2, 0.25) is 0 Å². The number of esters is 1. The molecule has 37 heavy (non-hydrogen) atoms. The molecule has 1 aliphatic rings. The van der Waals surface area contributed by atoms with Gasteiger partial charge < -0.3 is 14.6 Å². The second kappa shape index (κ2) is 10.4. The number of carbonyl (C=O) groups is 3. The lowest BCUT2D eigenvalue weighted by Crippen LogP contribution is -2.29. The van der Waals surface area contributed by atoms with Crippen LogP contribution in [0.1, 0.15) is 38.1 Å². The molecule has 1 amide bonds. The molecule has 1 N–H and O–H groups in total. The Morgan fingerprint density at radius 1 is 1.22 bits per heavy atom. The molecule has 4 rings (SSSR count).